The number of allylic oxidation sites excluding steroid dienone is 2. The van der Waals surface area contributed by atoms with E-state index in [0.29, 0.717) is 0 Å². The summed E-state index contributed by atoms with van der Waals surface area (Å²) in [4.78, 5) is 0. The second-order valence-corrected chi connectivity index (χ2v) is 5.14. The van der Waals surface area contributed by atoms with Crippen molar-refractivity contribution in [3.8, 4) is 6.07 Å². The fraction of sp³-hybridized carbons (Fsp3) is 0.824. The molecule has 0 aromatic rings. The van der Waals surface area contributed by atoms with Gasteiger partial charge < -0.3 is 0 Å². The van der Waals surface area contributed by atoms with Gasteiger partial charge in [0, 0.05) is 6.42 Å². The lowest BCUT2D eigenvalue weighted by molar-refractivity contribution is 0.601. The molecule has 104 valence electrons. The van der Waals surface area contributed by atoms with Gasteiger partial charge in [-0.05, 0) is 32.1 Å². The molecule has 0 aliphatic heterocycles. The van der Waals surface area contributed by atoms with E-state index in [-0.39, 0.29) is 0 Å². The van der Waals surface area contributed by atoms with E-state index in [0.717, 1.165) is 12.8 Å². The molecule has 0 spiro atoms. The van der Waals surface area contributed by atoms with Crippen LogP contribution in [0.4, 0.5) is 0 Å². The van der Waals surface area contributed by atoms with Gasteiger partial charge in [-0.1, -0.05) is 64.0 Å². The van der Waals surface area contributed by atoms with Crippen molar-refractivity contribution in [3.05, 3.63) is 12.2 Å². The summed E-state index contributed by atoms with van der Waals surface area (Å²) in [6.45, 7) is 2.26. The summed E-state index contributed by atoms with van der Waals surface area (Å²) in [7, 11) is 0. The number of hydrogen-bond donors (Lipinski definition) is 0. The molecule has 0 atom stereocenters. The summed E-state index contributed by atoms with van der Waals surface area (Å²) in [6, 6.07) is 2.20. The Morgan fingerprint density at radius 2 is 1.22 bits per heavy atom. The maximum atomic E-state index is 8.40. The third kappa shape index (κ3) is 15.2. The van der Waals surface area contributed by atoms with Crippen molar-refractivity contribution in [2.45, 2.75) is 90.4 Å². The fourth-order valence-electron chi connectivity index (χ4n) is 2.10. The average molecular weight is 249 g/mol. The van der Waals surface area contributed by atoms with E-state index in [9.17, 15) is 0 Å². The molecule has 0 radical (unpaired) electrons. The lowest BCUT2D eigenvalue weighted by atomic mass is 10.1. The van der Waals surface area contributed by atoms with E-state index in [4.69, 9.17) is 5.26 Å². The highest BCUT2D eigenvalue weighted by molar-refractivity contribution is 4.81. The van der Waals surface area contributed by atoms with Crippen LogP contribution in [-0.4, -0.2) is 0 Å². The van der Waals surface area contributed by atoms with Gasteiger partial charge in [0.05, 0.1) is 6.07 Å². The number of hydrogen-bond acceptors (Lipinski definition) is 1. The summed E-state index contributed by atoms with van der Waals surface area (Å²) in [5.41, 5.74) is 0. The zero-order valence-corrected chi connectivity index (χ0v) is 12.3. The molecule has 0 saturated heterocycles. The average Bonchev–Trinajstić information content (AvgIpc) is 2.39. The Hall–Kier alpha value is -0.770. The van der Waals surface area contributed by atoms with Gasteiger partial charge in [-0.2, -0.15) is 5.26 Å². The van der Waals surface area contributed by atoms with E-state index in [1.807, 2.05) is 0 Å². The van der Waals surface area contributed by atoms with Crippen molar-refractivity contribution < 1.29 is 0 Å². The minimum atomic E-state index is 0.737. The van der Waals surface area contributed by atoms with Crippen LogP contribution in [0.25, 0.3) is 0 Å². The molecular formula is C17H31N. The summed E-state index contributed by atoms with van der Waals surface area (Å²) in [6.07, 6.45) is 21.1. The highest BCUT2D eigenvalue weighted by Crippen LogP contribution is 2.09. The zero-order valence-electron chi connectivity index (χ0n) is 12.3. The molecule has 18 heavy (non-hydrogen) atoms. The molecule has 0 unspecified atom stereocenters. The van der Waals surface area contributed by atoms with E-state index >= 15 is 0 Å². The summed E-state index contributed by atoms with van der Waals surface area (Å²) >= 11 is 0. The van der Waals surface area contributed by atoms with Gasteiger partial charge in [-0.25, -0.2) is 0 Å². The maximum Gasteiger partial charge on any atom is 0.0621 e. The van der Waals surface area contributed by atoms with Gasteiger partial charge >= 0.3 is 0 Å². The predicted molar refractivity (Wildman–Crippen MR) is 80.4 cm³/mol. The second-order valence-electron chi connectivity index (χ2n) is 5.14. The fourth-order valence-corrected chi connectivity index (χ4v) is 2.10. The minimum absolute atomic E-state index is 0.737. The molecule has 0 aromatic carbocycles. The van der Waals surface area contributed by atoms with Gasteiger partial charge in [0.1, 0.15) is 0 Å². The van der Waals surface area contributed by atoms with Crippen molar-refractivity contribution in [1.82, 2.24) is 0 Å². The largest absolute Gasteiger partial charge is 0.198 e. The number of rotatable bonds is 13. The zero-order chi connectivity index (χ0) is 13.3. The SMILES string of the molecule is CCCCCC/C=C\CCCCCCCCC#N. The van der Waals surface area contributed by atoms with Gasteiger partial charge in [-0.3, -0.25) is 0 Å². The van der Waals surface area contributed by atoms with Crippen LogP contribution < -0.4 is 0 Å². The quantitative estimate of drug-likeness (QED) is 0.283. The maximum absolute atomic E-state index is 8.40. The monoisotopic (exact) mass is 249 g/mol. The molecule has 0 bridgehead atoms. The Balaban J connectivity index is 3.02. The Labute approximate surface area is 114 Å². The normalized spacial score (nSPS) is 10.9. The predicted octanol–water partition coefficient (Wildman–Crippen LogP) is 6.16. The van der Waals surface area contributed by atoms with Crippen LogP contribution in [0.2, 0.25) is 0 Å². The summed E-state index contributed by atoms with van der Waals surface area (Å²) in [5.74, 6) is 0. The van der Waals surface area contributed by atoms with E-state index in [1.165, 1.54) is 70.6 Å². The minimum Gasteiger partial charge on any atom is -0.198 e. The first kappa shape index (κ1) is 17.2. The molecule has 0 saturated carbocycles. The van der Waals surface area contributed by atoms with Crippen LogP contribution in [0.3, 0.4) is 0 Å². The van der Waals surface area contributed by atoms with Crippen molar-refractivity contribution in [2.75, 3.05) is 0 Å². The topological polar surface area (TPSA) is 23.8 Å². The molecule has 0 aliphatic carbocycles. The molecule has 0 amide bonds. The Kier molecular flexibility index (Phi) is 15.5. The lowest BCUT2D eigenvalue weighted by Crippen LogP contribution is -1.79. The highest BCUT2D eigenvalue weighted by Gasteiger charge is 1.90. The molecule has 0 fully saturated rings. The van der Waals surface area contributed by atoms with Gasteiger partial charge in [0.15, 0.2) is 0 Å². The number of unbranched alkanes of at least 4 members (excludes halogenated alkanes) is 11. The molecular weight excluding hydrogens is 218 g/mol. The van der Waals surface area contributed by atoms with Crippen LogP contribution in [-0.2, 0) is 0 Å². The third-order valence-electron chi connectivity index (χ3n) is 3.30. The van der Waals surface area contributed by atoms with Crippen molar-refractivity contribution >= 4 is 0 Å². The number of nitrogens with zero attached hydrogens (tertiary/aromatic N) is 1. The van der Waals surface area contributed by atoms with Crippen molar-refractivity contribution in [2.24, 2.45) is 0 Å². The molecule has 1 heteroatoms. The summed E-state index contributed by atoms with van der Waals surface area (Å²) in [5, 5.41) is 8.40. The molecule has 0 N–H and O–H groups in total. The molecule has 0 rings (SSSR count). The van der Waals surface area contributed by atoms with Gasteiger partial charge in [0.25, 0.3) is 0 Å². The third-order valence-corrected chi connectivity index (χ3v) is 3.30. The van der Waals surface area contributed by atoms with E-state index in [2.05, 4.69) is 25.1 Å². The van der Waals surface area contributed by atoms with Crippen molar-refractivity contribution in [1.29, 1.82) is 5.26 Å². The van der Waals surface area contributed by atoms with Crippen LogP contribution in [0, 0.1) is 11.3 Å². The van der Waals surface area contributed by atoms with Crippen LogP contribution in [0.15, 0.2) is 12.2 Å². The van der Waals surface area contributed by atoms with Gasteiger partial charge in [-0.15, -0.1) is 0 Å². The van der Waals surface area contributed by atoms with E-state index < -0.39 is 0 Å². The first-order chi connectivity index (χ1) is 8.91. The standard InChI is InChI=1S/C17H31N/c1-2-3-4-5-6-7-8-9-10-11-12-13-14-15-16-17-18/h7-8H,2-6,9-16H2,1H3/b8-7-. The van der Waals surface area contributed by atoms with Crippen LogP contribution >= 0.6 is 0 Å². The smallest absolute Gasteiger partial charge is 0.0621 e. The van der Waals surface area contributed by atoms with Crippen LogP contribution in [0.5, 0.6) is 0 Å². The van der Waals surface area contributed by atoms with E-state index in [1.54, 1.807) is 0 Å². The van der Waals surface area contributed by atoms with Gasteiger partial charge in [0.2, 0.25) is 0 Å². The molecule has 0 heterocycles. The Morgan fingerprint density at radius 3 is 1.78 bits per heavy atom. The highest BCUT2D eigenvalue weighted by atomic mass is 14.2. The summed E-state index contributed by atoms with van der Waals surface area (Å²) < 4.78 is 0. The first-order valence-electron chi connectivity index (χ1n) is 7.93. The first-order valence-corrected chi connectivity index (χ1v) is 7.93. The second kappa shape index (κ2) is 16.2. The molecule has 0 aliphatic rings. The lowest BCUT2D eigenvalue weighted by Gasteiger charge is -1.98. The Bertz CT molecular complexity index is 212. The van der Waals surface area contributed by atoms with Crippen molar-refractivity contribution in [3.63, 3.8) is 0 Å². The Morgan fingerprint density at radius 1 is 0.722 bits per heavy atom. The molecule has 0 aromatic heterocycles. The van der Waals surface area contributed by atoms with Crippen LogP contribution in [0.1, 0.15) is 90.4 Å². The number of nitriles is 1. The molecule has 1 nitrogen and oxygen atoms in total.